The van der Waals surface area contributed by atoms with E-state index in [0.29, 0.717) is 31.9 Å². The number of nitrogens with zero attached hydrogens (tertiary/aromatic N) is 1. The highest BCUT2D eigenvalue weighted by molar-refractivity contribution is 7.89. The summed E-state index contributed by atoms with van der Waals surface area (Å²) in [5.74, 6) is 0.669. The highest BCUT2D eigenvalue weighted by atomic mass is 32.2. The molecule has 7 heteroatoms. The van der Waals surface area contributed by atoms with Crippen molar-refractivity contribution in [1.29, 1.82) is 0 Å². The average Bonchev–Trinajstić information content (AvgIpc) is 2.56. The van der Waals surface area contributed by atoms with E-state index in [4.69, 9.17) is 4.74 Å². The van der Waals surface area contributed by atoms with E-state index in [-0.39, 0.29) is 16.4 Å². The summed E-state index contributed by atoms with van der Waals surface area (Å²) in [6.07, 6.45) is 0. The summed E-state index contributed by atoms with van der Waals surface area (Å²) in [4.78, 5) is -0.0199. The average molecular weight is 362 g/mol. The van der Waals surface area contributed by atoms with Gasteiger partial charge in [0.25, 0.3) is 0 Å². The van der Waals surface area contributed by atoms with E-state index in [2.05, 4.69) is 5.32 Å². The van der Waals surface area contributed by atoms with Crippen molar-refractivity contribution in [2.45, 2.75) is 18.7 Å². The lowest BCUT2D eigenvalue weighted by Crippen LogP contribution is -2.46. The Morgan fingerprint density at radius 3 is 2.32 bits per heavy atom. The highest BCUT2D eigenvalue weighted by Gasteiger charge is 2.29. The third-order valence-corrected chi connectivity index (χ3v) is 5.96. The molecule has 0 amide bonds. The minimum atomic E-state index is -3.75. The van der Waals surface area contributed by atoms with E-state index in [9.17, 15) is 13.5 Å². The first-order chi connectivity index (χ1) is 11.9. The maximum Gasteiger partial charge on any atom is 0.247 e. The van der Waals surface area contributed by atoms with E-state index >= 15 is 0 Å². The first-order valence-corrected chi connectivity index (χ1v) is 9.60. The van der Waals surface area contributed by atoms with Crippen molar-refractivity contribution in [3.05, 3.63) is 47.5 Å². The molecule has 2 N–H and O–H groups in total. The largest absolute Gasteiger partial charge is 0.508 e. The molecule has 0 bridgehead atoms. The SMILES string of the molecule is Cc1cc(C)cc(Oc2ccc(O)cc2S(=O)(=O)N2CCNCC2)c1. The van der Waals surface area contributed by atoms with E-state index in [1.807, 2.05) is 32.0 Å². The molecule has 0 atom stereocenters. The minimum Gasteiger partial charge on any atom is -0.508 e. The van der Waals surface area contributed by atoms with E-state index in [0.717, 1.165) is 11.1 Å². The van der Waals surface area contributed by atoms with Gasteiger partial charge in [-0.25, -0.2) is 8.42 Å². The lowest BCUT2D eigenvalue weighted by atomic mass is 10.1. The van der Waals surface area contributed by atoms with Gasteiger partial charge in [-0.05, 0) is 49.2 Å². The first kappa shape index (κ1) is 17.7. The van der Waals surface area contributed by atoms with Gasteiger partial charge in [0.1, 0.15) is 22.1 Å². The number of aromatic hydroxyl groups is 1. The monoisotopic (exact) mass is 362 g/mol. The van der Waals surface area contributed by atoms with Crippen LogP contribution in [-0.4, -0.2) is 44.0 Å². The van der Waals surface area contributed by atoms with Crippen molar-refractivity contribution >= 4 is 10.0 Å². The summed E-state index contributed by atoms with van der Waals surface area (Å²) in [5, 5.41) is 12.9. The Hall–Kier alpha value is -2.09. The first-order valence-electron chi connectivity index (χ1n) is 8.16. The number of benzene rings is 2. The number of phenols is 1. The molecule has 0 unspecified atom stereocenters. The topological polar surface area (TPSA) is 78.9 Å². The van der Waals surface area contributed by atoms with Gasteiger partial charge in [0, 0.05) is 32.2 Å². The van der Waals surface area contributed by atoms with Crippen LogP contribution in [0.25, 0.3) is 0 Å². The van der Waals surface area contributed by atoms with Gasteiger partial charge in [0.05, 0.1) is 0 Å². The lowest BCUT2D eigenvalue weighted by molar-refractivity contribution is 0.357. The molecule has 0 aliphatic carbocycles. The van der Waals surface area contributed by atoms with Crippen LogP contribution >= 0.6 is 0 Å². The summed E-state index contributed by atoms with van der Waals surface area (Å²) >= 11 is 0. The Bertz CT molecular complexity index is 854. The summed E-state index contributed by atoms with van der Waals surface area (Å²) in [5.41, 5.74) is 2.06. The van der Waals surface area contributed by atoms with Crippen LogP contribution in [0.15, 0.2) is 41.3 Å². The van der Waals surface area contributed by atoms with Crippen molar-refractivity contribution in [3.63, 3.8) is 0 Å². The third-order valence-electron chi connectivity index (χ3n) is 4.04. The molecule has 2 aromatic carbocycles. The standard InChI is InChI=1S/C18H22N2O4S/c1-13-9-14(2)11-16(10-13)24-17-4-3-15(21)12-18(17)25(22,23)20-7-5-19-6-8-20/h3-4,9-12,19,21H,5-8H2,1-2H3. The Balaban J connectivity index is 2.00. The molecule has 134 valence electrons. The molecular formula is C18H22N2O4S. The van der Waals surface area contributed by atoms with Crippen molar-refractivity contribution in [2.24, 2.45) is 0 Å². The van der Waals surface area contributed by atoms with Gasteiger partial charge in [-0.15, -0.1) is 0 Å². The Morgan fingerprint density at radius 2 is 1.68 bits per heavy atom. The summed E-state index contributed by atoms with van der Waals surface area (Å²) in [6, 6.07) is 9.87. The fraction of sp³-hybridized carbons (Fsp3) is 0.333. The quantitative estimate of drug-likeness (QED) is 0.873. The van der Waals surface area contributed by atoms with Gasteiger partial charge in [0.2, 0.25) is 10.0 Å². The molecule has 6 nitrogen and oxygen atoms in total. The second-order valence-electron chi connectivity index (χ2n) is 6.21. The van der Waals surface area contributed by atoms with Crippen LogP contribution in [-0.2, 0) is 10.0 Å². The van der Waals surface area contributed by atoms with Crippen molar-refractivity contribution in [1.82, 2.24) is 9.62 Å². The predicted molar refractivity (Wildman–Crippen MR) is 95.7 cm³/mol. The second kappa shape index (κ2) is 7.03. The van der Waals surface area contributed by atoms with Crippen LogP contribution < -0.4 is 10.1 Å². The molecule has 0 radical (unpaired) electrons. The number of phenolic OH excluding ortho intramolecular Hbond substituents is 1. The Morgan fingerprint density at radius 1 is 1.04 bits per heavy atom. The molecule has 1 aliphatic heterocycles. The van der Waals surface area contributed by atoms with Crippen LogP contribution in [0.1, 0.15) is 11.1 Å². The predicted octanol–water partition coefficient (Wildman–Crippen LogP) is 2.40. The number of piperazine rings is 1. The number of hydrogen-bond donors (Lipinski definition) is 2. The fourth-order valence-electron chi connectivity index (χ4n) is 2.93. The smallest absolute Gasteiger partial charge is 0.247 e. The van der Waals surface area contributed by atoms with Gasteiger partial charge in [0.15, 0.2) is 0 Å². The molecule has 1 aliphatic rings. The molecule has 0 aromatic heterocycles. The van der Waals surface area contributed by atoms with Crippen molar-refractivity contribution in [2.75, 3.05) is 26.2 Å². The summed E-state index contributed by atoms with van der Waals surface area (Å²) in [6.45, 7) is 5.89. The number of nitrogens with one attached hydrogen (secondary N) is 1. The van der Waals surface area contributed by atoms with Gasteiger partial charge >= 0.3 is 0 Å². The Labute approximate surface area is 148 Å². The van der Waals surface area contributed by atoms with Crippen LogP contribution in [0.2, 0.25) is 0 Å². The number of ether oxygens (including phenoxy) is 1. The van der Waals surface area contributed by atoms with Crippen molar-refractivity contribution in [3.8, 4) is 17.2 Å². The van der Waals surface area contributed by atoms with Crippen molar-refractivity contribution < 1.29 is 18.3 Å². The number of rotatable bonds is 4. The number of sulfonamides is 1. The van der Waals surface area contributed by atoms with E-state index < -0.39 is 10.0 Å². The normalized spacial score (nSPS) is 15.9. The highest BCUT2D eigenvalue weighted by Crippen LogP contribution is 2.34. The second-order valence-corrected chi connectivity index (χ2v) is 8.12. The zero-order valence-corrected chi connectivity index (χ0v) is 15.1. The molecular weight excluding hydrogens is 340 g/mol. The van der Waals surface area contributed by atoms with Crippen LogP contribution in [0, 0.1) is 13.8 Å². The van der Waals surface area contributed by atoms with Crippen LogP contribution in [0.5, 0.6) is 17.2 Å². The summed E-state index contributed by atoms with van der Waals surface area (Å²) in [7, 11) is -3.75. The van der Waals surface area contributed by atoms with E-state index in [1.165, 1.54) is 22.5 Å². The third kappa shape index (κ3) is 3.95. The molecule has 2 aromatic rings. The molecule has 0 saturated carbocycles. The van der Waals surface area contributed by atoms with E-state index in [1.54, 1.807) is 0 Å². The number of hydrogen-bond acceptors (Lipinski definition) is 5. The Kier molecular flexibility index (Phi) is 4.99. The fourth-order valence-corrected chi connectivity index (χ4v) is 4.50. The lowest BCUT2D eigenvalue weighted by Gasteiger charge is -2.27. The molecule has 3 rings (SSSR count). The van der Waals surface area contributed by atoms with Crippen LogP contribution in [0.3, 0.4) is 0 Å². The molecule has 25 heavy (non-hydrogen) atoms. The van der Waals surface area contributed by atoms with Gasteiger partial charge in [-0.2, -0.15) is 4.31 Å². The molecule has 1 saturated heterocycles. The van der Waals surface area contributed by atoms with Gasteiger partial charge < -0.3 is 15.2 Å². The zero-order chi connectivity index (χ0) is 18.0. The van der Waals surface area contributed by atoms with Gasteiger partial charge in [-0.1, -0.05) is 6.07 Å². The minimum absolute atomic E-state index is 0.0199. The molecule has 0 spiro atoms. The number of aryl methyl sites for hydroxylation is 2. The van der Waals surface area contributed by atoms with Crippen LogP contribution in [0.4, 0.5) is 0 Å². The molecule has 1 fully saturated rings. The molecule has 1 heterocycles. The summed E-state index contributed by atoms with van der Waals surface area (Å²) < 4.78 is 33.3. The van der Waals surface area contributed by atoms with Gasteiger partial charge in [-0.3, -0.25) is 0 Å². The maximum absolute atomic E-state index is 13.0. The zero-order valence-electron chi connectivity index (χ0n) is 14.3. The maximum atomic E-state index is 13.0.